The Bertz CT molecular complexity index is 737. The zero-order valence-electron chi connectivity index (χ0n) is 11.0. The van der Waals surface area contributed by atoms with Gasteiger partial charge < -0.3 is 5.32 Å². The van der Waals surface area contributed by atoms with Crippen LogP contribution in [-0.2, 0) is 0 Å². The maximum Gasteiger partial charge on any atom is 0.0950 e. The molecule has 1 atom stereocenters. The van der Waals surface area contributed by atoms with Crippen LogP contribution in [0.5, 0.6) is 0 Å². The fourth-order valence-electron chi connectivity index (χ4n) is 2.21. The number of benzene rings is 2. The molecule has 3 nitrogen and oxygen atoms in total. The predicted molar refractivity (Wildman–Crippen MR) is 83.0 cm³/mol. The van der Waals surface area contributed by atoms with E-state index in [2.05, 4.69) is 28.5 Å². The van der Waals surface area contributed by atoms with E-state index in [0.717, 1.165) is 27.2 Å². The molecule has 0 amide bonds. The van der Waals surface area contributed by atoms with Gasteiger partial charge >= 0.3 is 0 Å². The van der Waals surface area contributed by atoms with Gasteiger partial charge in [-0.3, -0.25) is 0 Å². The molecule has 20 heavy (non-hydrogen) atoms. The highest BCUT2D eigenvalue weighted by Gasteiger charge is 2.08. The summed E-state index contributed by atoms with van der Waals surface area (Å²) in [5.74, 6) is 0. The number of nitrogens with one attached hydrogen (secondary N) is 1. The summed E-state index contributed by atoms with van der Waals surface area (Å²) in [7, 11) is 0. The fraction of sp³-hybridized carbons (Fsp3) is 0.125. The van der Waals surface area contributed by atoms with Crippen molar-refractivity contribution >= 4 is 28.2 Å². The monoisotopic (exact) mass is 283 g/mol. The second-order valence-corrected chi connectivity index (χ2v) is 5.13. The minimum absolute atomic E-state index is 0.140. The molecule has 0 saturated heterocycles. The molecule has 4 heteroatoms. The van der Waals surface area contributed by atoms with E-state index in [9.17, 15) is 0 Å². The van der Waals surface area contributed by atoms with E-state index in [-0.39, 0.29) is 6.04 Å². The maximum absolute atomic E-state index is 6.04. The Balaban J connectivity index is 1.93. The third-order valence-electron chi connectivity index (χ3n) is 3.27. The molecule has 0 aliphatic carbocycles. The van der Waals surface area contributed by atoms with Gasteiger partial charge in [0.1, 0.15) is 0 Å². The van der Waals surface area contributed by atoms with Gasteiger partial charge in [0.05, 0.1) is 17.4 Å². The highest BCUT2D eigenvalue weighted by Crippen LogP contribution is 2.25. The summed E-state index contributed by atoms with van der Waals surface area (Å²) in [6.07, 6.45) is 1.75. The van der Waals surface area contributed by atoms with Crippen LogP contribution in [0.15, 0.2) is 54.7 Å². The van der Waals surface area contributed by atoms with Crippen molar-refractivity contribution in [1.29, 1.82) is 0 Å². The largest absolute Gasteiger partial charge is 0.377 e. The molecule has 3 aromatic rings. The molecule has 0 fully saturated rings. The molecule has 1 heterocycles. The van der Waals surface area contributed by atoms with Gasteiger partial charge in [0, 0.05) is 16.5 Å². The van der Waals surface area contributed by atoms with Crippen molar-refractivity contribution < 1.29 is 0 Å². The van der Waals surface area contributed by atoms with Crippen molar-refractivity contribution in [2.24, 2.45) is 0 Å². The van der Waals surface area contributed by atoms with Crippen LogP contribution in [0.25, 0.3) is 10.9 Å². The number of aromatic nitrogens is 2. The van der Waals surface area contributed by atoms with Crippen molar-refractivity contribution in [3.05, 3.63) is 65.3 Å². The molecule has 0 aliphatic heterocycles. The lowest BCUT2D eigenvalue weighted by molar-refractivity contribution is 0.882. The Morgan fingerprint density at radius 2 is 1.95 bits per heavy atom. The zero-order valence-corrected chi connectivity index (χ0v) is 11.8. The third-order valence-corrected chi connectivity index (χ3v) is 3.50. The molecule has 3 rings (SSSR count). The topological polar surface area (TPSA) is 37.8 Å². The SMILES string of the molecule is CC(Nc1cnnc2ccccc12)c1cccc(Cl)c1. The molecule has 2 aromatic carbocycles. The molecular weight excluding hydrogens is 270 g/mol. The molecule has 0 saturated carbocycles. The number of halogens is 1. The first-order valence-corrected chi connectivity index (χ1v) is 6.84. The summed E-state index contributed by atoms with van der Waals surface area (Å²) >= 11 is 6.04. The number of anilines is 1. The molecule has 0 bridgehead atoms. The fourth-order valence-corrected chi connectivity index (χ4v) is 2.41. The van der Waals surface area contributed by atoms with E-state index in [1.54, 1.807) is 6.20 Å². The molecule has 1 aromatic heterocycles. The van der Waals surface area contributed by atoms with Crippen LogP contribution < -0.4 is 5.32 Å². The predicted octanol–water partition coefficient (Wildman–Crippen LogP) is 4.46. The smallest absolute Gasteiger partial charge is 0.0950 e. The van der Waals surface area contributed by atoms with Crippen molar-refractivity contribution in [2.75, 3.05) is 5.32 Å². The lowest BCUT2D eigenvalue weighted by Crippen LogP contribution is -2.07. The minimum atomic E-state index is 0.140. The Morgan fingerprint density at radius 3 is 2.80 bits per heavy atom. The quantitative estimate of drug-likeness (QED) is 0.771. The Kier molecular flexibility index (Phi) is 3.52. The first-order chi connectivity index (χ1) is 9.74. The maximum atomic E-state index is 6.04. The van der Waals surface area contributed by atoms with Crippen LogP contribution in [0.3, 0.4) is 0 Å². The summed E-state index contributed by atoms with van der Waals surface area (Å²) in [4.78, 5) is 0. The van der Waals surface area contributed by atoms with Crippen LogP contribution in [-0.4, -0.2) is 10.2 Å². The molecule has 1 unspecified atom stereocenters. The summed E-state index contributed by atoms with van der Waals surface area (Å²) in [5.41, 5.74) is 3.00. The lowest BCUT2D eigenvalue weighted by atomic mass is 10.1. The highest BCUT2D eigenvalue weighted by atomic mass is 35.5. The van der Waals surface area contributed by atoms with Crippen LogP contribution in [0.4, 0.5) is 5.69 Å². The molecule has 100 valence electrons. The van der Waals surface area contributed by atoms with Gasteiger partial charge in [-0.1, -0.05) is 41.9 Å². The van der Waals surface area contributed by atoms with Gasteiger partial charge in [-0.05, 0) is 30.7 Å². The van der Waals surface area contributed by atoms with E-state index >= 15 is 0 Å². The van der Waals surface area contributed by atoms with Crippen LogP contribution in [0.1, 0.15) is 18.5 Å². The van der Waals surface area contributed by atoms with E-state index in [0.29, 0.717) is 0 Å². The van der Waals surface area contributed by atoms with E-state index in [4.69, 9.17) is 11.6 Å². The number of fused-ring (bicyclic) bond motifs is 1. The van der Waals surface area contributed by atoms with Gasteiger partial charge in [0.15, 0.2) is 0 Å². The third kappa shape index (κ3) is 2.58. The molecule has 0 spiro atoms. The molecule has 0 radical (unpaired) electrons. The standard InChI is InChI=1S/C16H14ClN3/c1-11(12-5-4-6-13(17)9-12)19-16-10-18-20-15-8-3-2-7-14(15)16/h2-11H,1H3,(H,19,20). The summed E-state index contributed by atoms with van der Waals surface area (Å²) in [5, 5.41) is 13.4. The van der Waals surface area contributed by atoms with Gasteiger partial charge in [-0.2, -0.15) is 10.2 Å². The van der Waals surface area contributed by atoms with Crippen LogP contribution in [0, 0.1) is 0 Å². The number of hydrogen-bond donors (Lipinski definition) is 1. The normalized spacial score (nSPS) is 12.3. The minimum Gasteiger partial charge on any atom is -0.377 e. The van der Waals surface area contributed by atoms with Crippen molar-refractivity contribution in [3.8, 4) is 0 Å². The Morgan fingerprint density at radius 1 is 1.10 bits per heavy atom. The Labute approximate surface area is 122 Å². The molecule has 0 aliphatic rings. The van der Waals surface area contributed by atoms with E-state index < -0.39 is 0 Å². The Hall–Kier alpha value is -2.13. The van der Waals surface area contributed by atoms with Crippen molar-refractivity contribution in [1.82, 2.24) is 10.2 Å². The summed E-state index contributed by atoms with van der Waals surface area (Å²) in [6.45, 7) is 2.10. The van der Waals surface area contributed by atoms with Gasteiger partial charge in [-0.25, -0.2) is 0 Å². The van der Waals surface area contributed by atoms with Crippen LogP contribution in [0.2, 0.25) is 5.02 Å². The average molecular weight is 284 g/mol. The van der Waals surface area contributed by atoms with E-state index in [1.165, 1.54) is 0 Å². The second-order valence-electron chi connectivity index (χ2n) is 4.70. The lowest BCUT2D eigenvalue weighted by Gasteiger charge is -2.16. The number of nitrogens with zero attached hydrogens (tertiary/aromatic N) is 2. The van der Waals surface area contributed by atoms with Gasteiger partial charge in [0.25, 0.3) is 0 Å². The van der Waals surface area contributed by atoms with Crippen LogP contribution >= 0.6 is 11.6 Å². The number of rotatable bonds is 3. The second kappa shape index (κ2) is 5.47. The molecular formula is C16H14ClN3. The zero-order chi connectivity index (χ0) is 13.9. The summed E-state index contributed by atoms with van der Waals surface area (Å²) in [6, 6.07) is 16.0. The summed E-state index contributed by atoms with van der Waals surface area (Å²) < 4.78 is 0. The highest BCUT2D eigenvalue weighted by molar-refractivity contribution is 6.30. The first kappa shape index (κ1) is 12.9. The molecule has 1 N–H and O–H groups in total. The van der Waals surface area contributed by atoms with Gasteiger partial charge in [0.2, 0.25) is 0 Å². The number of hydrogen-bond acceptors (Lipinski definition) is 3. The van der Waals surface area contributed by atoms with Crippen molar-refractivity contribution in [3.63, 3.8) is 0 Å². The van der Waals surface area contributed by atoms with Crippen molar-refractivity contribution in [2.45, 2.75) is 13.0 Å². The average Bonchev–Trinajstić information content (AvgIpc) is 2.47. The van der Waals surface area contributed by atoms with E-state index in [1.807, 2.05) is 42.5 Å². The first-order valence-electron chi connectivity index (χ1n) is 6.46. The van der Waals surface area contributed by atoms with Gasteiger partial charge in [-0.15, -0.1) is 0 Å².